The molecule has 2 rings (SSSR count). The quantitative estimate of drug-likeness (QED) is 0.910. The van der Waals surface area contributed by atoms with E-state index >= 15 is 0 Å². The summed E-state index contributed by atoms with van der Waals surface area (Å²) in [5.41, 5.74) is 7.11. The minimum absolute atomic E-state index is 0.303. The third-order valence-electron chi connectivity index (χ3n) is 3.87. The van der Waals surface area contributed by atoms with Gasteiger partial charge in [0, 0.05) is 24.3 Å². The number of nitrogens with zero attached hydrogens (tertiary/aromatic N) is 2. The average Bonchev–Trinajstić information content (AvgIpc) is 2.41. The van der Waals surface area contributed by atoms with Crippen molar-refractivity contribution in [2.45, 2.75) is 44.7 Å². The van der Waals surface area contributed by atoms with Crippen molar-refractivity contribution in [1.82, 2.24) is 0 Å². The van der Waals surface area contributed by atoms with Crippen molar-refractivity contribution in [3.63, 3.8) is 0 Å². The van der Waals surface area contributed by atoms with Crippen LogP contribution in [0.3, 0.4) is 0 Å². The van der Waals surface area contributed by atoms with Crippen molar-refractivity contribution >= 4 is 5.69 Å². The number of nitriles is 1. The van der Waals surface area contributed by atoms with Gasteiger partial charge in [0.15, 0.2) is 0 Å². The highest BCUT2D eigenvalue weighted by Gasteiger charge is 2.24. The van der Waals surface area contributed by atoms with Gasteiger partial charge in [0.1, 0.15) is 5.82 Å². The molecule has 0 saturated heterocycles. The van der Waals surface area contributed by atoms with E-state index in [0.717, 1.165) is 37.9 Å². The fraction of sp³-hybridized carbons (Fsp3) is 0.533. The third kappa shape index (κ3) is 3.24. The van der Waals surface area contributed by atoms with Crippen molar-refractivity contribution in [3.8, 4) is 6.07 Å². The highest BCUT2D eigenvalue weighted by molar-refractivity contribution is 5.52. The first-order chi connectivity index (χ1) is 9.13. The van der Waals surface area contributed by atoms with Crippen LogP contribution in [0.4, 0.5) is 10.1 Å². The van der Waals surface area contributed by atoms with Crippen molar-refractivity contribution in [1.29, 1.82) is 5.26 Å². The van der Waals surface area contributed by atoms with Gasteiger partial charge in [-0.2, -0.15) is 5.26 Å². The third-order valence-corrected chi connectivity index (χ3v) is 3.87. The molecule has 3 nitrogen and oxygen atoms in total. The molecule has 0 heterocycles. The molecule has 1 aromatic carbocycles. The number of rotatable bonds is 3. The second-order valence-electron chi connectivity index (χ2n) is 5.16. The van der Waals surface area contributed by atoms with E-state index in [1.807, 2.05) is 6.07 Å². The van der Waals surface area contributed by atoms with Gasteiger partial charge in [0.05, 0.1) is 11.6 Å². The molecule has 2 N–H and O–H groups in total. The topological polar surface area (TPSA) is 53.0 Å². The number of halogens is 1. The fourth-order valence-corrected chi connectivity index (χ4v) is 2.87. The summed E-state index contributed by atoms with van der Waals surface area (Å²) in [7, 11) is 0. The Morgan fingerprint density at radius 2 is 2.00 bits per heavy atom. The number of nitrogens with two attached hydrogens (primary N) is 1. The van der Waals surface area contributed by atoms with Gasteiger partial charge in [-0.3, -0.25) is 0 Å². The zero-order valence-corrected chi connectivity index (χ0v) is 11.3. The molecule has 0 atom stereocenters. The largest absolute Gasteiger partial charge is 0.369 e. The van der Waals surface area contributed by atoms with Crippen LogP contribution < -0.4 is 10.6 Å². The molecule has 1 fully saturated rings. The van der Waals surface area contributed by atoms with Crippen LogP contribution in [0.15, 0.2) is 18.2 Å². The van der Waals surface area contributed by atoms with Gasteiger partial charge in [0.25, 0.3) is 0 Å². The first-order valence-corrected chi connectivity index (χ1v) is 6.87. The van der Waals surface area contributed by atoms with Crippen LogP contribution in [0.2, 0.25) is 0 Å². The lowest BCUT2D eigenvalue weighted by molar-refractivity contribution is 0.378. The van der Waals surface area contributed by atoms with Crippen LogP contribution in [0.5, 0.6) is 0 Å². The van der Waals surface area contributed by atoms with E-state index in [1.165, 1.54) is 12.1 Å². The van der Waals surface area contributed by atoms with Gasteiger partial charge in [0.2, 0.25) is 0 Å². The molecule has 0 radical (unpaired) electrons. The minimum Gasteiger partial charge on any atom is -0.369 e. The molecule has 1 saturated carbocycles. The molecule has 0 unspecified atom stereocenters. The van der Waals surface area contributed by atoms with E-state index in [2.05, 4.69) is 11.8 Å². The lowest BCUT2D eigenvalue weighted by Gasteiger charge is -2.37. The van der Waals surface area contributed by atoms with E-state index in [1.54, 1.807) is 6.07 Å². The second kappa shape index (κ2) is 6.03. The summed E-state index contributed by atoms with van der Waals surface area (Å²) in [4.78, 5) is 2.19. The Bertz CT molecular complexity index is 473. The Labute approximate surface area is 113 Å². The molecular weight excluding hydrogens is 241 g/mol. The summed E-state index contributed by atoms with van der Waals surface area (Å²) < 4.78 is 13.5. The van der Waals surface area contributed by atoms with Crippen molar-refractivity contribution in [3.05, 3.63) is 29.6 Å². The van der Waals surface area contributed by atoms with Crippen LogP contribution in [0.25, 0.3) is 0 Å². The first kappa shape index (κ1) is 13.8. The zero-order valence-electron chi connectivity index (χ0n) is 11.3. The number of benzene rings is 1. The molecule has 0 bridgehead atoms. The lowest BCUT2D eigenvalue weighted by atomic mass is 9.90. The van der Waals surface area contributed by atoms with Crippen LogP contribution in [-0.4, -0.2) is 18.6 Å². The summed E-state index contributed by atoms with van der Waals surface area (Å²) in [6, 6.07) is 7.26. The molecule has 4 heteroatoms. The van der Waals surface area contributed by atoms with Crippen molar-refractivity contribution in [2.75, 3.05) is 11.4 Å². The van der Waals surface area contributed by atoms with E-state index in [4.69, 9.17) is 11.0 Å². The number of anilines is 1. The van der Waals surface area contributed by atoms with Crippen LogP contribution >= 0.6 is 0 Å². The van der Waals surface area contributed by atoms with Crippen LogP contribution in [0, 0.1) is 17.1 Å². The lowest BCUT2D eigenvalue weighted by Crippen LogP contribution is -2.41. The summed E-state index contributed by atoms with van der Waals surface area (Å²) in [5.74, 6) is -0.347. The number of hydrogen-bond donors (Lipinski definition) is 1. The zero-order chi connectivity index (χ0) is 13.8. The van der Waals surface area contributed by atoms with E-state index in [0.29, 0.717) is 17.6 Å². The molecule has 0 spiro atoms. The summed E-state index contributed by atoms with van der Waals surface area (Å²) in [6.45, 7) is 2.87. The monoisotopic (exact) mass is 261 g/mol. The Morgan fingerprint density at radius 3 is 2.58 bits per heavy atom. The molecule has 1 aliphatic carbocycles. The van der Waals surface area contributed by atoms with Crippen molar-refractivity contribution < 1.29 is 4.39 Å². The Kier molecular flexibility index (Phi) is 4.39. The molecule has 0 aliphatic heterocycles. The SMILES string of the molecule is CCN(c1cc(F)cc(C#N)c1)C1CCC(N)CC1. The molecule has 1 aromatic rings. The van der Waals surface area contributed by atoms with Gasteiger partial charge < -0.3 is 10.6 Å². The molecule has 0 aromatic heterocycles. The van der Waals surface area contributed by atoms with Crippen molar-refractivity contribution in [2.24, 2.45) is 5.73 Å². The van der Waals surface area contributed by atoms with Gasteiger partial charge >= 0.3 is 0 Å². The average molecular weight is 261 g/mol. The maximum absolute atomic E-state index is 13.5. The summed E-state index contributed by atoms with van der Waals surface area (Å²) in [6.07, 6.45) is 4.10. The Morgan fingerprint density at radius 1 is 1.32 bits per heavy atom. The maximum Gasteiger partial charge on any atom is 0.126 e. The Balaban J connectivity index is 2.22. The predicted octanol–water partition coefficient (Wildman–Crippen LogP) is 2.79. The minimum atomic E-state index is -0.347. The van der Waals surface area contributed by atoms with Gasteiger partial charge in [-0.15, -0.1) is 0 Å². The normalized spacial score (nSPS) is 22.8. The first-order valence-electron chi connectivity index (χ1n) is 6.87. The van der Waals surface area contributed by atoms with Crippen LogP contribution in [-0.2, 0) is 0 Å². The Hall–Kier alpha value is -1.60. The second-order valence-corrected chi connectivity index (χ2v) is 5.16. The highest BCUT2D eigenvalue weighted by atomic mass is 19.1. The molecular formula is C15H20FN3. The molecule has 1 aliphatic rings. The predicted molar refractivity (Wildman–Crippen MR) is 74.4 cm³/mol. The van der Waals surface area contributed by atoms with Crippen LogP contribution in [0.1, 0.15) is 38.2 Å². The van der Waals surface area contributed by atoms with E-state index in [9.17, 15) is 4.39 Å². The standard InChI is InChI=1S/C15H20FN3/c1-2-19(14-5-3-13(18)4-6-14)15-8-11(10-17)7-12(16)9-15/h7-9,13-14H,2-6,18H2,1H3. The molecule has 102 valence electrons. The maximum atomic E-state index is 13.5. The summed E-state index contributed by atoms with van der Waals surface area (Å²) in [5, 5.41) is 8.93. The molecule has 0 amide bonds. The van der Waals surface area contributed by atoms with Gasteiger partial charge in [-0.05, 0) is 50.8 Å². The van der Waals surface area contributed by atoms with Gasteiger partial charge in [-0.1, -0.05) is 0 Å². The highest BCUT2D eigenvalue weighted by Crippen LogP contribution is 2.28. The number of hydrogen-bond acceptors (Lipinski definition) is 3. The van der Waals surface area contributed by atoms with E-state index in [-0.39, 0.29) is 5.82 Å². The summed E-state index contributed by atoms with van der Waals surface area (Å²) >= 11 is 0. The fourth-order valence-electron chi connectivity index (χ4n) is 2.87. The van der Waals surface area contributed by atoms with Gasteiger partial charge in [-0.25, -0.2) is 4.39 Å². The van der Waals surface area contributed by atoms with E-state index < -0.39 is 0 Å². The smallest absolute Gasteiger partial charge is 0.126 e. The molecule has 19 heavy (non-hydrogen) atoms.